The Bertz CT molecular complexity index is 1810. The Hall–Kier alpha value is -2.66. The van der Waals surface area contributed by atoms with Crippen LogP contribution >= 0.6 is 0 Å². The summed E-state index contributed by atoms with van der Waals surface area (Å²) in [5, 5.41) is 15.1. The first kappa shape index (κ1) is 39.8. The fraction of sp³-hybridized carbons (Fsp3) is 0.500. The summed E-state index contributed by atoms with van der Waals surface area (Å²) in [4.78, 5) is 21.7. The van der Waals surface area contributed by atoms with Crippen molar-refractivity contribution in [2.45, 2.75) is 127 Å². The van der Waals surface area contributed by atoms with Gasteiger partial charge in [-0.25, -0.2) is 4.98 Å². The molecule has 1 fully saturated rings. The van der Waals surface area contributed by atoms with Gasteiger partial charge in [0.25, 0.3) is 0 Å². The monoisotopic (exact) mass is 842 g/mol. The van der Waals surface area contributed by atoms with Crippen LogP contribution in [0.4, 0.5) is 0 Å². The molecule has 1 aliphatic carbocycles. The molecule has 4 nitrogen and oxygen atoms in total. The predicted molar refractivity (Wildman–Crippen MR) is 204 cm³/mol. The molecule has 1 aromatic heterocycles. The van der Waals surface area contributed by atoms with Crippen LogP contribution in [-0.4, -0.2) is 28.9 Å². The largest absolute Gasteiger partial charge is 0.511 e. The SMILES string of the molecule is C/C(C(=O)C(C)(C)C)=C(/O)C(C)(C)C.Cc1nc(-c2[c-]cc(C3CCCCC3)cc2)c2ccc3cc(C)c([Si](C)(C)C)c(C)c3c2n1.[Ir]. The first-order valence-corrected chi connectivity index (χ1v) is 20.9. The summed E-state index contributed by atoms with van der Waals surface area (Å²) in [6.07, 6.45) is 6.72. The van der Waals surface area contributed by atoms with E-state index in [4.69, 9.17) is 9.97 Å². The minimum atomic E-state index is -1.49. The first-order chi connectivity index (χ1) is 21.7. The van der Waals surface area contributed by atoms with Gasteiger partial charge in [0.1, 0.15) is 11.6 Å². The number of ketones is 1. The number of fused-ring (bicyclic) bond motifs is 3. The maximum atomic E-state index is 11.8. The van der Waals surface area contributed by atoms with Crippen LogP contribution < -0.4 is 5.19 Å². The molecule has 0 unspecified atom stereocenters. The van der Waals surface area contributed by atoms with Crippen LogP contribution in [0.25, 0.3) is 32.9 Å². The van der Waals surface area contributed by atoms with Crippen molar-refractivity contribution in [3.63, 3.8) is 0 Å². The normalized spacial score (nSPS) is 15.0. The predicted octanol–water partition coefficient (Wildman–Crippen LogP) is 11.2. The van der Waals surface area contributed by atoms with Crippen molar-refractivity contribution < 1.29 is 30.0 Å². The van der Waals surface area contributed by atoms with Crippen LogP contribution in [0.15, 0.2) is 47.7 Å². The van der Waals surface area contributed by atoms with Crippen LogP contribution in [0.5, 0.6) is 0 Å². The number of carbonyl (C=O) groups excluding carboxylic acids is 1. The third-order valence-electron chi connectivity index (χ3n) is 9.53. The van der Waals surface area contributed by atoms with Gasteiger partial charge in [0.05, 0.1) is 13.6 Å². The third-order valence-corrected chi connectivity index (χ3v) is 11.8. The Labute approximate surface area is 304 Å². The van der Waals surface area contributed by atoms with Crippen LogP contribution in [0.1, 0.15) is 109 Å². The summed E-state index contributed by atoms with van der Waals surface area (Å²) in [6.45, 7) is 26.8. The minimum Gasteiger partial charge on any atom is -0.511 e. The number of carbonyl (C=O) groups is 1. The van der Waals surface area contributed by atoms with Gasteiger partial charge in [-0.2, -0.15) is 0 Å². The van der Waals surface area contributed by atoms with E-state index in [1.54, 1.807) is 12.1 Å². The average molecular weight is 842 g/mol. The molecular formula is C42H57IrN2O2Si-. The number of aryl methyl sites for hydroxylation is 3. The Balaban J connectivity index is 0.000000356. The van der Waals surface area contributed by atoms with Gasteiger partial charge in [-0.1, -0.05) is 128 Å². The molecule has 1 saturated carbocycles. The Morgan fingerprint density at radius 2 is 1.52 bits per heavy atom. The smallest absolute Gasteiger partial charge is 0.167 e. The zero-order valence-electron chi connectivity index (χ0n) is 31.7. The van der Waals surface area contributed by atoms with Crippen molar-refractivity contribution in [2.75, 3.05) is 0 Å². The van der Waals surface area contributed by atoms with E-state index in [0.717, 1.165) is 28.0 Å². The molecule has 0 spiro atoms. The molecule has 6 heteroatoms. The number of benzene rings is 3. The van der Waals surface area contributed by atoms with Gasteiger partial charge >= 0.3 is 0 Å². The van der Waals surface area contributed by atoms with Gasteiger partial charge in [0.2, 0.25) is 0 Å². The van der Waals surface area contributed by atoms with E-state index in [0.29, 0.717) is 11.5 Å². The summed E-state index contributed by atoms with van der Waals surface area (Å²) in [6, 6.07) is 17.2. The van der Waals surface area contributed by atoms with E-state index >= 15 is 0 Å². The van der Waals surface area contributed by atoms with Gasteiger partial charge in [-0.05, 0) is 49.7 Å². The standard InChI is InChI=1S/C30H35N2Si.C12H22O2.Ir/c1-19-18-25-16-17-26-28(24-14-12-23(13-15-24)22-10-8-7-9-11-22)31-21(3)32-29(26)27(25)20(2)30(19)33(4,5)6;1-8(9(13)11(2,3)4)10(14)12(5,6)7;/h12-14,16-18,22H,7-11H2,1-6H3;13H,1-7H3;/q-1;;/b;9-8-;. The molecule has 1 N–H and O–H groups in total. The summed E-state index contributed by atoms with van der Waals surface area (Å²) in [7, 11) is -1.49. The van der Waals surface area contributed by atoms with E-state index in [1.165, 1.54) is 59.6 Å². The molecule has 1 aliphatic rings. The van der Waals surface area contributed by atoms with Gasteiger partial charge in [-0.15, -0.1) is 35.4 Å². The maximum Gasteiger partial charge on any atom is 0.167 e. The molecule has 1 radical (unpaired) electrons. The summed E-state index contributed by atoms with van der Waals surface area (Å²) >= 11 is 0. The molecule has 0 aliphatic heterocycles. The fourth-order valence-electron chi connectivity index (χ4n) is 7.43. The number of aromatic nitrogens is 2. The Morgan fingerprint density at radius 3 is 2.04 bits per heavy atom. The second-order valence-corrected chi connectivity index (χ2v) is 21.8. The van der Waals surface area contributed by atoms with Crippen molar-refractivity contribution in [3.8, 4) is 11.3 Å². The molecule has 4 aromatic rings. The van der Waals surface area contributed by atoms with Gasteiger partial charge in [-0.3, -0.25) is 9.78 Å². The van der Waals surface area contributed by atoms with Crippen molar-refractivity contribution in [3.05, 3.63) is 76.3 Å². The number of nitrogens with zero attached hydrogens (tertiary/aromatic N) is 2. The maximum absolute atomic E-state index is 11.8. The summed E-state index contributed by atoms with van der Waals surface area (Å²) in [5.74, 6) is 1.72. The fourth-order valence-corrected chi connectivity index (χ4v) is 9.93. The van der Waals surface area contributed by atoms with Crippen molar-refractivity contribution in [1.82, 2.24) is 9.97 Å². The molecule has 0 amide bonds. The van der Waals surface area contributed by atoms with Gasteiger partial charge < -0.3 is 5.11 Å². The van der Waals surface area contributed by atoms with Crippen LogP contribution in [0, 0.1) is 37.7 Å². The van der Waals surface area contributed by atoms with E-state index < -0.39 is 13.5 Å². The van der Waals surface area contributed by atoms with E-state index in [9.17, 15) is 9.90 Å². The van der Waals surface area contributed by atoms with Crippen molar-refractivity contribution in [2.24, 2.45) is 10.8 Å². The van der Waals surface area contributed by atoms with Gasteiger partial charge in [0, 0.05) is 41.9 Å². The number of hydrogen-bond donors (Lipinski definition) is 1. The molecule has 0 bridgehead atoms. The van der Waals surface area contributed by atoms with E-state index in [1.807, 2.05) is 48.5 Å². The minimum absolute atomic E-state index is 0. The van der Waals surface area contributed by atoms with E-state index in [2.05, 4.69) is 76.0 Å². The number of hydrogen-bond acceptors (Lipinski definition) is 4. The van der Waals surface area contributed by atoms with Crippen LogP contribution in [-0.2, 0) is 24.9 Å². The number of rotatable bonds is 4. The molecule has 0 saturated heterocycles. The zero-order valence-corrected chi connectivity index (χ0v) is 35.1. The second-order valence-electron chi connectivity index (χ2n) is 16.8. The molecule has 261 valence electrons. The molecule has 1 heterocycles. The Morgan fingerprint density at radius 1 is 0.896 bits per heavy atom. The first-order valence-electron chi connectivity index (χ1n) is 17.4. The number of Topliss-reactive ketones (excluding diaryl/α,β-unsaturated/α-hetero) is 1. The molecule has 48 heavy (non-hydrogen) atoms. The second kappa shape index (κ2) is 15.1. The summed E-state index contributed by atoms with van der Waals surface area (Å²) in [5.41, 5.74) is 7.09. The average Bonchev–Trinajstić information content (AvgIpc) is 2.98. The number of aliphatic hydroxyl groups is 1. The van der Waals surface area contributed by atoms with Crippen LogP contribution in [0.3, 0.4) is 0 Å². The number of allylic oxidation sites excluding steroid dienone is 2. The Kier molecular flexibility index (Phi) is 12.5. The molecule has 3 aromatic carbocycles. The number of aliphatic hydroxyl groups excluding tert-OH is 1. The third kappa shape index (κ3) is 8.73. The van der Waals surface area contributed by atoms with Crippen molar-refractivity contribution in [1.29, 1.82) is 0 Å². The molecular weight excluding hydrogens is 785 g/mol. The quantitative estimate of drug-likeness (QED) is 0.0731. The zero-order chi connectivity index (χ0) is 35.1. The van der Waals surface area contributed by atoms with Crippen LogP contribution in [0.2, 0.25) is 19.6 Å². The topological polar surface area (TPSA) is 63.1 Å². The van der Waals surface area contributed by atoms with Gasteiger partial charge in [0.15, 0.2) is 5.78 Å². The molecule has 0 atom stereocenters. The summed E-state index contributed by atoms with van der Waals surface area (Å²) < 4.78 is 0. The molecule has 5 rings (SSSR count). The van der Waals surface area contributed by atoms with Crippen molar-refractivity contribution >= 4 is 40.7 Å². The van der Waals surface area contributed by atoms with E-state index in [-0.39, 0.29) is 37.1 Å².